The van der Waals surface area contributed by atoms with Crippen LogP contribution in [0.5, 0.6) is 0 Å². The van der Waals surface area contributed by atoms with Crippen LogP contribution in [0.25, 0.3) is 0 Å². The Bertz CT molecular complexity index is 519. The Morgan fingerprint density at radius 3 is 2.62 bits per heavy atom. The number of carboxylic acids is 1. The fourth-order valence-electron chi connectivity index (χ4n) is 2.97. The van der Waals surface area contributed by atoms with E-state index in [2.05, 4.69) is 0 Å². The van der Waals surface area contributed by atoms with Crippen molar-refractivity contribution >= 4 is 23.2 Å². The number of methoxy groups -OCH3 is 1. The van der Waals surface area contributed by atoms with Gasteiger partial charge >= 0.3 is 5.97 Å². The molecule has 1 fully saturated rings. The second-order valence-corrected chi connectivity index (χ2v) is 6.39. The van der Waals surface area contributed by atoms with E-state index < -0.39 is 11.5 Å². The Balaban J connectivity index is 2.28. The second kappa shape index (κ2) is 6.58. The van der Waals surface area contributed by atoms with E-state index in [0.717, 1.165) is 24.8 Å². The average molecular weight is 311 g/mol. The Labute approximate surface area is 128 Å². The summed E-state index contributed by atoms with van der Waals surface area (Å²) in [6.07, 6.45) is 3.77. The molecule has 0 saturated heterocycles. The number of nitrogens with zero attached hydrogens (tertiary/aromatic N) is 1. The first-order valence-corrected chi connectivity index (χ1v) is 7.98. The molecule has 1 aromatic rings. The standard InChI is InChI=1S/C15H21NO4S/c1-16(15(14(18)19)7-4-3-5-8-15)13(17)12-11(10-20-2)6-9-21-12/h6,9H,3-5,7-8,10H2,1-2H3,(H,18,19). The van der Waals surface area contributed by atoms with Crippen molar-refractivity contribution in [3.8, 4) is 0 Å². The minimum atomic E-state index is -1.07. The molecular weight excluding hydrogens is 290 g/mol. The summed E-state index contributed by atoms with van der Waals surface area (Å²) in [4.78, 5) is 26.5. The zero-order valence-electron chi connectivity index (χ0n) is 12.4. The molecule has 1 amide bonds. The largest absolute Gasteiger partial charge is 0.479 e. The van der Waals surface area contributed by atoms with Gasteiger partial charge in [0, 0.05) is 19.7 Å². The number of amides is 1. The van der Waals surface area contributed by atoms with Crippen molar-refractivity contribution in [1.29, 1.82) is 0 Å². The van der Waals surface area contributed by atoms with Crippen LogP contribution in [0.4, 0.5) is 0 Å². The van der Waals surface area contributed by atoms with Crippen LogP contribution < -0.4 is 0 Å². The van der Waals surface area contributed by atoms with Crippen LogP contribution in [0, 0.1) is 0 Å². The molecular formula is C15H21NO4S. The summed E-state index contributed by atoms with van der Waals surface area (Å²) < 4.78 is 5.09. The first-order valence-electron chi connectivity index (χ1n) is 7.10. The molecule has 5 nitrogen and oxygen atoms in total. The van der Waals surface area contributed by atoms with Crippen molar-refractivity contribution in [1.82, 2.24) is 4.90 Å². The van der Waals surface area contributed by atoms with Crippen molar-refractivity contribution in [2.24, 2.45) is 0 Å². The molecule has 1 N–H and O–H groups in total. The van der Waals surface area contributed by atoms with Gasteiger partial charge in [0.2, 0.25) is 0 Å². The van der Waals surface area contributed by atoms with Gasteiger partial charge in [-0.15, -0.1) is 11.3 Å². The summed E-state index contributed by atoms with van der Waals surface area (Å²) in [6, 6.07) is 1.85. The molecule has 0 radical (unpaired) electrons. The molecule has 0 bridgehead atoms. The zero-order chi connectivity index (χ0) is 15.5. The number of carbonyl (C=O) groups excluding carboxylic acids is 1. The molecule has 0 spiro atoms. The lowest BCUT2D eigenvalue weighted by molar-refractivity contribution is -0.151. The van der Waals surface area contributed by atoms with Gasteiger partial charge in [-0.3, -0.25) is 4.79 Å². The van der Waals surface area contributed by atoms with Crippen LogP contribution in [0.15, 0.2) is 11.4 Å². The predicted molar refractivity (Wildman–Crippen MR) is 80.6 cm³/mol. The molecule has 1 heterocycles. The van der Waals surface area contributed by atoms with E-state index >= 15 is 0 Å². The molecule has 1 saturated carbocycles. The highest BCUT2D eigenvalue weighted by molar-refractivity contribution is 7.12. The molecule has 6 heteroatoms. The molecule has 1 aliphatic rings. The fourth-order valence-corrected chi connectivity index (χ4v) is 3.85. The molecule has 0 unspecified atom stereocenters. The van der Waals surface area contributed by atoms with Crippen LogP contribution in [0.2, 0.25) is 0 Å². The van der Waals surface area contributed by atoms with Crippen molar-refractivity contribution in [3.63, 3.8) is 0 Å². The third-order valence-electron chi connectivity index (χ3n) is 4.27. The van der Waals surface area contributed by atoms with Crippen LogP contribution in [-0.2, 0) is 16.1 Å². The molecule has 0 atom stereocenters. The maximum Gasteiger partial charge on any atom is 0.329 e. The average Bonchev–Trinajstić information content (AvgIpc) is 2.95. The first kappa shape index (κ1) is 16.0. The molecule has 1 aromatic heterocycles. The van der Waals surface area contributed by atoms with Crippen molar-refractivity contribution in [3.05, 3.63) is 21.9 Å². The summed E-state index contributed by atoms with van der Waals surface area (Å²) in [5.74, 6) is -1.12. The van der Waals surface area contributed by atoms with E-state index in [4.69, 9.17) is 4.74 Å². The lowest BCUT2D eigenvalue weighted by Crippen LogP contribution is -2.56. The lowest BCUT2D eigenvalue weighted by Gasteiger charge is -2.40. The van der Waals surface area contributed by atoms with Gasteiger partial charge in [-0.25, -0.2) is 4.79 Å². The van der Waals surface area contributed by atoms with Gasteiger partial charge < -0.3 is 14.7 Å². The summed E-state index contributed by atoms with van der Waals surface area (Å²) >= 11 is 1.34. The number of aliphatic carboxylic acids is 1. The van der Waals surface area contributed by atoms with Gasteiger partial charge in [-0.2, -0.15) is 0 Å². The minimum absolute atomic E-state index is 0.221. The van der Waals surface area contributed by atoms with E-state index in [9.17, 15) is 14.7 Å². The molecule has 1 aliphatic carbocycles. The highest BCUT2D eigenvalue weighted by Crippen LogP contribution is 2.35. The van der Waals surface area contributed by atoms with E-state index in [-0.39, 0.29) is 5.91 Å². The Kier molecular flexibility index (Phi) is 5.00. The number of rotatable bonds is 5. The highest BCUT2D eigenvalue weighted by Gasteiger charge is 2.46. The monoisotopic (exact) mass is 311 g/mol. The maximum absolute atomic E-state index is 12.7. The van der Waals surface area contributed by atoms with Gasteiger partial charge in [0.15, 0.2) is 0 Å². The summed E-state index contributed by atoms with van der Waals surface area (Å²) in [5.41, 5.74) is -0.250. The Morgan fingerprint density at radius 2 is 2.05 bits per heavy atom. The number of hydrogen-bond donors (Lipinski definition) is 1. The van der Waals surface area contributed by atoms with E-state index in [0.29, 0.717) is 24.3 Å². The van der Waals surface area contributed by atoms with Gasteiger partial charge in [0.1, 0.15) is 5.54 Å². The van der Waals surface area contributed by atoms with Gasteiger partial charge in [-0.05, 0) is 24.3 Å². The number of carbonyl (C=O) groups is 2. The third-order valence-corrected chi connectivity index (χ3v) is 5.21. The summed E-state index contributed by atoms with van der Waals surface area (Å²) in [5, 5.41) is 11.5. The zero-order valence-corrected chi connectivity index (χ0v) is 13.2. The summed E-state index contributed by atoms with van der Waals surface area (Å²) in [6.45, 7) is 0.360. The lowest BCUT2D eigenvalue weighted by atomic mass is 9.80. The topological polar surface area (TPSA) is 66.8 Å². The van der Waals surface area contributed by atoms with Crippen LogP contribution in [0.1, 0.15) is 47.3 Å². The molecule has 0 aliphatic heterocycles. The van der Waals surface area contributed by atoms with Gasteiger partial charge in [0.05, 0.1) is 11.5 Å². The van der Waals surface area contributed by atoms with Gasteiger partial charge in [0.25, 0.3) is 5.91 Å². The number of carboxylic acid groups (broad SMARTS) is 1. The minimum Gasteiger partial charge on any atom is -0.479 e. The van der Waals surface area contributed by atoms with Gasteiger partial charge in [-0.1, -0.05) is 19.3 Å². The summed E-state index contributed by atoms with van der Waals surface area (Å²) in [7, 11) is 3.19. The number of likely N-dealkylation sites (N-methyl/N-ethyl adjacent to an activating group) is 1. The quantitative estimate of drug-likeness (QED) is 0.908. The van der Waals surface area contributed by atoms with Crippen molar-refractivity contribution in [2.45, 2.75) is 44.2 Å². The Morgan fingerprint density at radius 1 is 1.38 bits per heavy atom. The highest BCUT2D eigenvalue weighted by atomic mass is 32.1. The van der Waals surface area contributed by atoms with Crippen molar-refractivity contribution < 1.29 is 19.4 Å². The van der Waals surface area contributed by atoms with E-state index in [1.807, 2.05) is 11.4 Å². The SMILES string of the molecule is COCc1ccsc1C(=O)N(C)C1(C(=O)O)CCCCC1. The van der Waals surface area contributed by atoms with Crippen LogP contribution in [-0.4, -0.2) is 41.6 Å². The normalized spacial score (nSPS) is 17.4. The molecule has 2 rings (SSSR count). The fraction of sp³-hybridized carbons (Fsp3) is 0.600. The number of hydrogen-bond acceptors (Lipinski definition) is 4. The van der Waals surface area contributed by atoms with E-state index in [1.54, 1.807) is 14.2 Å². The predicted octanol–water partition coefficient (Wildman–Crippen LogP) is 2.75. The Hall–Kier alpha value is -1.40. The number of ether oxygens (including phenoxy) is 1. The van der Waals surface area contributed by atoms with Crippen LogP contribution >= 0.6 is 11.3 Å². The second-order valence-electron chi connectivity index (χ2n) is 5.47. The molecule has 0 aromatic carbocycles. The molecule has 116 valence electrons. The third kappa shape index (κ3) is 2.96. The number of thiophene rings is 1. The van der Waals surface area contributed by atoms with Crippen molar-refractivity contribution in [2.75, 3.05) is 14.2 Å². The van der Waals surface area contributed by atoms with E-state index in [1.165, 1.54) is 16.2 Å². The molecule has 21 heavy (non-hydrogen) atoms. The van der Waals surface area contributed by atoms with Crippen LogP contribution in [0.3, 0.4) is 0 Å². The first-order chi connectivity index (χ1) is 10.0. The maximum atomic E-state index is 12.7. The smallest absolute Gasteiger partial charge is 0.329 e.